The molecule has 2 aromatic rings. The lowest BCUT2D eigenvalue weighted by Crippen LogP contribution is -2.02. The van der Waals surface area contributed by atoms with Gasteiger partial charge in [-0.15, -0.1) is 0 Å². The van der Waals surface area contributed by atoms with Gasteiger partial charge < -0.3 is 19.3 Å². The fourth-order valence-electron chi connectivity index (χ4n) is 2.61. The van der Waals surface area contributed by atoms with Crippen LogP contribution in [0, 0.1) is 0 Å². The Labute approximate surface area is 160 Å². The summed E-state index contributed by atoms with van der Waals surface area (Å²) in [7, 11) is 3.16. The van der Waals surface area contributed by atoms with Crippen LogP contribution in [0.3, 0.4) is 0 Å². The van der Waals surface area contributed by atoms with Crippen molar-refractivity contribution in [2.45, 2.75) is 26.2 Å². The normalized spacial score (nSPS) is 11.1. The average Bonchev–Trinajstić information content (AvgIpc) is 2.69. The fraction of sp³-hybridized carbons (Fsp3) is 0.318. The van der Waals surface area contributed by atoms with Crippen molar-refractivity contribution in [1.82, 2.24) is 0 Å². The lowest BCUT2D eigenvalue weighted by Gasteiger charge is -2.12. The zero-order chi connectivity index (χ0) is 19.6. The van der Waals surface area contributed by atoms with Crippen LogP contribution in [0.2, 0.25) is 0 Å². The Morgan fingerprint density at radius 3 is 2.26 bits per heavy atom. The average molecular weight is 370 g/mol. The van der Waals surface area contributed by atoms with Crippen molar-refractivity contribution in [3.05, 3.63) is 53.6 Å². The molecule has 5 heteroatoms. The molecule has 27 heavy (non-hydrogen) atoms. The molecule has 144 valence electrons. The van der Waals surface area contributed by atoms with Gasteiger partial charge in [0.2, 0.25) is 0 Å². The number of carbonyl (C=O) groups is 1. The number of unbranched alkanes of at least 4 members (excludes halogenated alkanes) is 2. The first-order valence-corrected chi connectivity index (χ1v) is 8.99. The molecule has 0 saturated carbocycles. The highest BCUT2D eigenvalue weighted by molar-refractivity contribution is 6.20. The van der Waals surface area contributed by atoms with Gasteiger partial charge in [-0.2, -0.15) is 0 Å². The summed E-state index contributed by atoms with van der Waals surface area (Å²) in [6, 6.07) is 12.3. The first-order chi connectivity index (χ1) is 13.1. The molecule has 2 rings (SSSR count). The number of benzene rings is 2. The Hall–Kier alpha value is -2.95. The molecule has 0 aliphatic carbocycles. The van der Waals surface area contributed by atoms with Gasteiger partial charge in [-0.25, -0.2) is 4.79 Å². The minimum atomic E-state index is -1.01. The Kier molecular flexibility index (Phi) is 7.74. The summed E-state index contributed by atoms with van der Waals surface area (Å²) in [5, 5.41) is 9.69. The van der Waals surface area contributed by atoms with Crippen LogP contribution < -0.4 is 14.2 Å². The van der Waals surface area contributed by atoms with E-state index in [2.05, 4.69) is 6.92 Å². The van der Waals surface area contributed by atoms with Crippen molar-refractivity contribution >= 4 is 17.6 Å². The van der Waals surface area contributed by atoms with Crippen molar-refractivity contribution < 1.29 is 24.1 Å². The lowest BCUT2D eigenvalue weighted by molar-refractivity contribution is -0.130. The number of ether oxygens (including phenoxy) is 3. The molecule has 5 nitrogen and oxygen atoms in total. The van der Waals surface area contributed by atoms with Gasteiger partial charge in [0.1, 0.15) is 17.2 Å². The molecule has 0 aromatic heterocycles. The fourth-order valence-corrected chi connectivity index (χ4v) is 2.61. The molecule has 0 saturated heterocycles. The van der Waals surface area contributed by atoms with Crippen LogP contribution in [-0.4, -0.2) is 31.9 Å². The third-order valence-electron chi connectivity index (χ3n) is 4.16. The molecule has 0 atom stereocenters. The van der Waals surface area contributed by atoms with E-state index in [1.165, 1.54) is 0 Å². The summed E-state index contributed by atoms with van der Waals surface area (Å²) in [5.74, 6) is 0.942. The van der Waals surface area contributed by atoms with Crippen LogP contribution in [0.1, 0.15) is 37.3 Å². The second-order valence-corrected chi connectivity index (χ2v) is 6.05. The molecule has 0 amide bonds. The molecule has 0 unspecified atom stereocenters. The standard InChI is InChI=1S/C22H26O5/c1-4-5-6-13-27-21-15-19(26-3)12-9-17(21)14-20(22(23)24)16-7-10-18(25-2)11-8-16/h7-12,14-15H,4-6,13H2,1-3H3,(H,23,24)/b20-14-. The summed E-state index contributed by atoms with van der Waals surface area (Å²) in [6.45, 7) is 2.71. The van der Waals surface area contributed by atoms with Gasteiger partial charge in [-0.3, -0.25) is 0 Å². The summed E-state index contributed by atoms with van der Waals surface area (Å²) < 4.78 is 16.3. The summed E-state index contributed by atoms with van der Waals surface area (Å²) in [4.78, 5) is 11.8. The molecule has 0 aliphatic heterocycles. The molecule has 2 aromatic carbocycles. The summed E-state index contributed by atoms with van der Waals surface area (Å²) >= 11 is 0. The quantitative estimate of drug-likeness (QED) is 0.366. The van der Waals surface area contributed by atoms with Crippen LogP contribution in [0.5, 0.6) is 17.2 Å². The van der Waals surface area contributed by atoms with Gasteiger partial charge >= 0.3 is 5.97 Å². The molecule has 1 N–H and O–H groups in total. The third kappa shape index (κ3) is 5.78. The number of rotatable bonds is 10. The van der Waals surface area contributed by atoms with Crippen molar-refractivity contribution in [2.75, 3.05) is 20.8 Å². The van der Waals surface area contributed by atoms with E-state index in [-0.39, 0.29) is 5.57 Å². The molecule has 0 spiro atoms. The van der Waals surface area contributed by atoms with Gasteiger partial charge in [0, 0.05) is 11.6 Å². The minimum absolute atomic E-state index is 0.182. The summed E-state index contributed by atoms with van der Waals surface area (Å²) in [5.41, 5.74) is 1.47. The van der Waals surface area contributed by atoms with E-state index < -0.39 is 5.97 Å². The first kappa shape index (κ1) is 20.4. The second kappa shape index (κ2) is 10.3. The monoisotopic (exact) mass is 370 g/mol. The number of hydrogen-bond acceptors (Lipinski definition) is 4. The number of methoxy groups -OCH3 is 2. The maximum Gasteiger partial charge on any atom is 0.336 e. The van der Waals surface area contributed by atoms with Crippen molar-refractivity contribution in [2.24, 2.45) is 0 Å². The molecule has 0 aliphatic rings. The van der Waals surface area contributed by atoms with Gasteiger partial charge in [0.25, 0.3) is 0 Å². The van der Waals surface area contributed by atoms with Crippen LogP contribution in [-0.2, 0) is 4.79 Å². The molecule has 0 fully saturated rings. The van der Waals surface area contributed by atoms with Crippen LogP contribution in [0.25, 0.3) is 11.6 Å². The number of hydrogen-bond donors (Lipinski definition) is 1. The topological polar surface area (TPSA) is 65.0 Å². The van der Waals surface area contributed by atoms with Crippen LogP contribution in [0.4, 0.5) is 0 Å². The first-order valence-electron chi connectivity index (χ1n) is 8.99. The predicted octanol–water partition coefficient (Wildman–Crippen LogP) is 4.90. The minimum Gasteiger partial charge on any atom is -0.497 e. The molecule has 0 radical (unpaired) electrons. The van der Waals surface area contributed by atoms with Gasteiger partial charge in [-0.1, -0.05) is 31.9 Å². The Morgan fingerprint density at radius 1 is 1.00 bits per heavy atom. The van der Waals surface area contributed by atoms with Gasteiger partial charge in [0.05, 0.1) is 26.4 Å². The highest BCUT2D eigenvalue weighted by Crippen LogP contribution is 2.30. The van der Waals surface area contributed by atoms with Gasteiger partial charge in [-0.05, 0) is 42.3 Å². The van der Waals surface area contributed by atoms with Crippen LogP contribution in [0.15, 0.2) is 42.5 Å². The highest BCUT2D eigenvalue weighted by Gasteiger charge is 2.13. The van der Waals surface area contributed by atoms with E-state index in [0.717, 1.165) is 19.3 Å². The van der Waals surface area contributed by atoms with E-state index in [1.54, 1.807) is 62.8 Å². The number of carboxylic acids is 1. The van der Waals surface area contributed by atoms with Crippen LogP contribution >= 0.6 is 0 Å². The maximum absolute atomic E-state index is 11.8. The highest BCUT2D eigenvalue weighted by atomic mass is 16.5. The molecular formula is C22H26O5. The van der Waals surface area contributed by atoms with Crippen molar-refractivity contribution in [3.63, 3.8) is 0 Å². The zero-order valence-electron chi connectivity index (χ0n) is 16.0. The maximum atomic E-state index is 11.8. The van der Waals surface area contributed by atoms with Gasteiger partial charge in [0.15, 0.2) is 0 Å². The summed E-state index contributed by atoms with van der Waals surface area (Å²) in [6.07, 6.45) is 4.76. The largest absolute Gasteiger partial charge is 0.497 e. The van der Waals surface area contributed by atoms with E-state index in [1.807, 2.05) is 0 Å². The van der Waals surface area contributed by atoms with E-state index >= 15 is 0 Å². The Morgan fingerprint density at radius 2 is 1.67 bits per heavy atom. The smallest absolute Gasteiger partial charge is 0.336 e. The van der Waals surface area contributed by atoms with E-state index in [0.29, 0.717) is 35.0 Å². The van der Waals surface area contributed by atoms with Crippen molar-refractivity contribution in [1.29, 1.82) is 0 Å². The van der Waals surface area contributed by atoms with E-state index in [4.69, 9.17) is 14.2 Å². The third-order valence-corrected chi connectivity index (χ3v) is 4.16. The SMILES string of the molecule is CCCCCOc1cc(OC)ccc1/C=C(\C(=O)O)c1ccc(OC)cc1. The number of aliphatic carboxylic acids is 1. The second-order valence-electron chi connectivity index (χ2n) is 6.05. The molecular weight excluding hydrogens is 344 g/mol. The van der Waals surface area contributed by atoms with E-state index in [9.17, 15) is 9.90 Å². The van der Waals surface area contributed by atoms with Crippen molar-refractivity contribution in [3.8, 4) is 17.2 Å². The molecule has 0 heterocycles. The predicted molar refractivity (Wildman–Crippen MR) is 107 cm³/mol. The zero-order valence-corrected chi connectivity index (χ0v) is 16.0. The Bertz CT molecular complexity index is 778. The lowest BCUT2D eigenvalue weighted by atomic mass is 10.0. The number of carboxylic acid groups (broad SMARTS) is 1. The Balaban J connectivity index is 2.37. The molecule has 0 bridgehead atoms.